The molecule has 1 aliphatic heterocycles. The maximum Gasteiger partial charge on any atom is 0.339 e. The number of carbonyl (C=O) groups excluding carboxylic acids is 2. The third-order valence-electron chi connectivity index (χ3n) is 3.31. The second-order valence-corrected chi connectivity index (χ2v) is 7.11. The number of hydrogen-bond donors (Lipinski definition) is 0. The Labute approximate surface area is 135 Å². The minimum absolute atomic E-state index is 0.0575. The van der Waals surface area contributed by atoms with Gasteiger partial charge < -0.3 is 9.64 Å². The Morgan fingerprint density at radius 3 is 2.77 bits per heavy atom. The largest absolute Gasteiger partial charge is 0.465 e. The van der Waals surface area contributed by atoms with Gasteiger partial charge in [-0.15, -0.1) is 3.89 Å². The van der Waals surface area contributed by atoms with E-state index < -0.39 is 27.9 Å². The standard InChI is InChI=1S/C13H13BrFNO5S/c1-21-13(18)9-3-2-4-10(12(9)14)16-6-8(5-11(16)17)7-22(15,19)20/h2-4,8H,5-7H2,1H3. The minimum atomic E-state index is -4.64. The molecule has 0 spiro atoms. The van der Waals surface area contributed by atoms with Crippen LogP contribution in [0.15, 0.2) is 22.7 Å². The highest BCUT2D eigenvalue weighted by molar-refractivity contribution is 9.10. The van der Waals surface area contributed by atoms with Crippen LogP contribution in [0.25, 0.3) is 0 Å². The fraction of sp³-hybridized carbons (Fsp3) is 0.385. The molecule has 22 heavy (non-hydrogen) atoms. The molecule has 0 radical (unpaired) electrons. The summed E-state index contributed by atoms with van der Waals surface area (Å²) in [5, 5.41) is 0. The van der Waals surface area contributed by atoms with Gasteiger partial charge in [0.05, 0.1) is 28.6 Å². The van der Waals surface area contributed by atoms with Gasteiger partial charge in [0.15, 0.2) is 0 Å². The first-order valence-electron chi connectivity index (χ1n) is 6.32. The van der Waals surface area contributed by atoms with Crippen molar-refractivity contribution in [2.75, 3.05) is 24.3 Å². The average Bonchev–Trinajstić information content (AvgIpc) is 2.76. The molecule has 0 N–H and O–H groups in total. The molecule has 2 rings (SSSR count). The summed E-state index contributed by atoms with van der Waals surface area (Å²) in [5.74, 6) is -2.19. The van der Waals surface area contributed by atoms with Gasteiger partial charge in [-0.25, -0.2) is 4.79 Å². The van der Waals surface area contributed by atoms with Crippen LogP contribution in [0.5, 0.6) is 0 Å². The van der Waals surface area contributed by atoms with Crippen LogP contribution in [0.4, 0.5) is 9.57 Å². The first-order valence-corrected chi connectivity index (χ1v) is 8.67. The molecule has 1 fully saturated rings. The van der Waals surface area contributed by atoms with Crippen molar-refractivity contribution in [2.24, 2.45) is 5.92 Å². The Hall–Kier alpha value is -1.48. The van der Waals surface area contributed by atoms with Crippen molar-refractivity contribution in [3.05, 3.63) is 28.2 Å². The van der Waals surface area contributed by atoms with E-state index >= 15 is 0 Å². The number of halogens is 2. The topological polar surface area (TPSA) is 80.8 Å². The Morgan fingerprint density at radius 2 is 2.18 bits per heavy atom. The zero-order chi connectivity index (χ0) is 16.5. The summed E-state index contributed by atoms with van der Waals surface area (Å²) >= 11 is 3.25. The van der Waals surface area contributed by atoms with Gasteiger partial charge in [-0.05, 0) is 28.1 Å². The molecular formula is C13H13BrFNO5S. The summed E-state index contributed by atoms with van der Waals surface area (Å²) in [6, 6.07) is 4.73. The lowest BCUT2D eigenvalue weighted by molar-refractivity contribution is -0.117. The number of methoxy groups -OCH3 is 1. The molecule has 1 saturated heterocycles. The smallest absolute Gasteiger partial charge is 0.339 e. The Balaban J connectivity index is 2.29. The van der Waals surface area contributed by atoms with E-state index in [0.717, 1.165) is 0 Å². The first kappa shape index (κ1) is 16.9. The quantitative estimate of drug-likeness (QED) is 0.576. The number of carbonyl (C=O) groups is 2. The molecule has 1 aromatic carbocycles. The molecule has 1 unspecified atom stereocenters. The third kappa shape index (κ3) is 3.64. The summed E-state index contributed by atoms with van der Waals surface area (Å²) in [4.78, 5) is 25.0. The normalized spacial score (nSPS) is 18.6. The second-order valence-electron chi connectivity index (χ2n) is 4.91. The van der Waals surface area contributed by atoms with Crippen LogP contribution in [0.2, 0.25) is 0 Å². The number of hydrogen-bond acceptors (Lipinski definition) is 5. The molecule has 0 aromatic heterocycles. The molecule has 1 heterocycles. The number of esters is 1. The van der Waals surface area contributed by atoms with E-state index in [1.807, 2.05) is 0 Å². The SMILES string of the molecule is COC(=O)c1cccc(N2CC(CS(=O)(=O)F)CC2=O)c1Br. The molecule has 1 amide bonds. The highest BCUT2D eigenvalue weighted by Crippen LogP contribution is 2.34. The Morgan fingerprint density at radius 1 is 1.50 bits per heavy atom. The maximum atomic E-state index is 12.8. The van der Waals surface area contributed by atoms with Crippen molar-refractivity contribution in [2.45, 2.75) is 6.42 Å². The Kier molecular flexibility index (Phi) is 4.86. The highest BCUT2D eigenvalue weighted by atomic mass is 79.9. The van der Waals surface area contributed by atoms with Crippen molar-refractivity contribution in [1.82, 2.24) is 0 Å². The third-order valence-corrected chi connectivity index (χ3v) is 5.02. The van der Waals surface area contributed by atoms with Crippen LogP contribution in [0, 0.1) is 5.92 Å². The van der Waals surface area contributed by atoms with Gasteiger partial charge in [0.1, 0.15) is 0 Å². The van der Waals surface area contributed by atoms with Crippen LogP contribution >= 0.6 is 15.9 Å². The van der Waals surface area contributed by atoms with Crippen LogP contribution in [0.3, 0.4) is 0 Å². The summed E-state index contributed by atoms with van der Waals surface area (Å²) in [7, 11) is -3.40. The van der Waals surface area contributed by atoms with E-state index in [4.69, 9.17) is 0 Å². The Bertz CT molecular complexity index is 721. The van der Waals surface area contributed by atoms with Crippen molar-refractivity contribution in [3.8, 4) is 0 Å². The molecule has 0 saturated carbocycles. The van der Waals surface area contributed by atoms with Crippen LogP contribution in [-0.4, -0.2) is 39.7 Å². The molecule has 9 heteroatoms. The van der Waals surface area contributed by atoms with Gasteiger partial charge >= 0.3 is 16.2 Å². The average molecular weight is 394 g/mol. The van der Waals surface area contributed by atoms with E-state index in [-0.39, 0.29) is 24.4 Å². The van der Waals surface area contributed by atoms with Gasteiger partial charge in [-0.1, -0.05) is 6.07 Å². The van der Waals surface area contributed by atoms with Gasteiger partial charge in [-0.2, -0.15) is 8.42 Å². The van der Waals surface area contributed by atoms with E-state index in [2.05, 4.69) is 20.7 Å². The predicted molar refractivity (Wildman–Crippen MR) is 80.8 cm³/mol. The van der Waals surface area contributed by atoms with Gasteiger partial charge in [0.25, 0.3) is 0 Å². The molecule has 0 aliphatic carbocycles. The van der Waals surface area contributed by atoms with Gasteiger partial charge in [0, 0.05) is 18.9 Å². The number of amides is 1. The molecule has 1 atom stereocenters. The number of anilines is 1. The van der Waals surface area contributed by atoms with E-state index in [0.29, 0.717) is 10.2 Å². The molecule has 6 nitrogen and oxygen atoms in total. The molecule has 120 valence electrons. The van der Waals surface area contributed by atoms with E-state index in [1.54, 1.807) is 12.1 Å². The number of nitrogens with zero attached hydrogens (tertiary/aromatic N) is 1. The second kappa shape index (κ2) is 6.33. The van der Waals surface area contributed by atoms with Crippen molar-refractivity contribution < 1.29 is 26.6 Å². The van der Waals surface area contributed by atoms with Crippen LogP contribution in [0.1, 0.15) is 16.8 Å². The fourth-order valence-corrected chi connectivity index (χ4v) is 3.83. The van der Waals surface area contributed by atoms with E-state index in [1.165, 1.54) is 18.1 Å². The summed E-state index contributed by atoms with van der Waals surface area (Å²) in [6.45, 7) is 0.0746. The zero-order valence-electron chi connectivity index (χ0n) is 11.6. The van der Waals surface area contributed by atoms with Gasteiger partial charge in [0.2, 0.25) is 5.91 Å². The molecule has 1 aromatic rings. The predicted octanol–water partition coefficient (Wildman–Crippen LogP) is 1.89. The zero-order valence-corrected chi connectivity index (χ0v) is 14.0. The van der Waals surface area contributed by atoms with Crippen molar-refractivity contribution in [3.63, 3.8) is 0 Å². The number of benzene rings is 1. The summed E-state index contributed by atoms with van der Waals surface area (Å²) in [5.41, 5.74) is 0.668. The lowest BCUT2D eigenvalue weighted by Gasteiger charge is -2.19. The molecule has 0 bridgehead atoms. The summed E-state index contributed by atoms with van der Waals surface area (Å²) < 4.78 is 39.2. The van der Waals surface area contributed by atoms with Crippen molar-refractivity contribution >= 4 is 43.7 Å². The van der Waals surface area contributed by atoms with Gasteiger partial charge in [-0.3, -0.25) is 4.79 Å². The lowest BCUT2D eigenvalue weighted by Crippen LogP contribution is -2.26. The highest BCUT2D eigenvalue weighted by Gasteiger charge is 2.35. The number of rotatable bonds is 4. The molecule has 1 aliphatic rings. The fourth-order valence-electron chi connectivity index (χ4n) is 2.40. The monoisotopic (exact) mass is 393 g/mol. The molecular weight excluding hydrogens is 381 g/mol. The lowest BCUT2D eigenvalue weighted by atomic mass is 10.1. The van der Waals surface area contributed by atoms with Crippen LogP contribution < -0.4 is 4.90 Å². The minimum Gasteiger partial charge on any atom is -0.465 e. The van der Waals surface area contributed by atoms with Crippen LogP contribution in [-0.2, 0) is 19.8 Å². The van der Waals surface area contributed by atoms with Crippen molar-refractivity contribution in [1.29, 1.82) is 0 Å². The number of ether oxygens (including phenoxy) is 1. The maximum absolute atomic E-state index is 12.8. The first-order chi connectivity index (χ1) is 10.2. The van der Waals surface area contributed by atoms with E-state index in [9.17, 15) is 21.9 Å². The summed E-state index contributed by atoms with van der Waals surface area (Å²) in [6.07, 6.45) is -0.0575.